The molecule has 148 valence electrons. The first-order chi connectivity index (χ1) is 11.3. The van der Waals surface area contributed by atoms with E-state index >= 15 is 0 Å². The summed E-state index contributed by atoms with van der Waals surface area (Å²) in [7, 11) is 3.75. The molecule has 0 unspecified atom stereocenters. The van der Waals surface area contributed by atoms with Crippen molar-refractivity contribution >= 4 is 0 Å². The Morgan fingerprint density at radius 3 is 1.36 bits per heavy atom. The lowest BCUT2D eigenvalue weighted by Crippen LogP contribution is -2.34. The van der Waals surface area contributed by atoms with Crippen LogP contribution in [0.4, 0.5) is 0 Å². The minimum atomic E-state index is 0.188. The molecule has 0 spiro atoms. The van der Waals surface area contributed by atoms with Crippen LogP contribution in [0, 0.1) is 11.3 Å². The summed E-state index contributed by atoms with van der Waals surface area (Å²) < 4.78 is 0. The minimum absolute atomic E-state index is 0.188. The first kappa shape index (κ1) is 26.4. The van der Waals surface area contributed by atoms with Crippen LogP contribution in [-0.4, -0.2) is 14.1 Å². The van der Waals surface area contributed by atoms with Crippen molar-refractivity contribution in [2.45, 2.75) is 93.4 Å². The van der Waals surface area contributed by atoms with Crippen LogP contribution >= 0.6 is 0 Å². The van der Waals surface area contributed by atoms with Gasteiger partial charge in [-0.1, -0.05) is 100 Å². The van der Waals surface area contributed by atoms with Gasteiger partial charge in [0.2, 0.25) is 0 Å². The number of hydrogen-bond donors (Lipinski definition) is 1. The van der Waals surface area contributed by atoms with Gasteiger partial charge in [-0.15, -0.1) is 0 Å². The molecule has 0 heterocycles. The van der Waals surface area contributed by atoms with Gasteiger partial charge in [-0.05, 0) is 53.8 Å². The molecule has 0 aliphatic carbocycles. The fourth-order valence-corrected chi connectivity index (χ4v) is 2.91. The van der Waals surface area contributed by atoms with E-state index in [4.69, 9.17) is 0 Å². The molecule has 0 atom stereocenters. The summed E-state index contributed by atoms with van der Waals surface area (Å²) in [6.07, 6.45) is 1.23. The molecule has 25 heavy (non-hydrogen) atoms. The molecular formula is C24H47N. The van der Waals surface area contributed by atoms with Gasteiger partial charge in [-0.3, -0.25) is 0 Å². The monoisotopic (exact) mass is 349 g/mol. The lowest BCUT2D eigenvalue weighted by Gasteiger charge is -2.40. The zero-order valence-corrected chi connectivity index (χ0v) is 19.6. The highest BCUT2D eigenvalue weighted by molar-refractivity contribution is 5.33. The zero-order valence-electron chi connectivity index (χ0n) is 19.6. The molecule has 0 bridgehead atoms. The quantitative estimate of drug-likeness (QED) is 0.606. The Morgan fingerprint density at radius 2 is 1.08 bits per heavy atom. The zero-order chi connectivity index (χ0) is 20.5. The number of hydrogen-bond acceptors (Lipinski definition) is 1. The van der Waals surface area contributed by atoms with Crippen LogP contribution in [0.2, 0.25) is 0 Å². The van der Waals surface area contributed by atoms with E-state index in [2.05, 4.69) is 91.9 Å². The average Bonchev–Trinajstić information content (AvgIpc) is 2.48. The fourth-order valence-electron chi connectivity index (χ4n) is 2.91. The molecule has 0 aliphatic rings. The maximum absolute atomic E-state index is 2.75. The number of benzene rings is 1. The SMILES string of the molecule is CC.CC(C)CC(C)(C)c1ccc(C(C)(C)C(C)(C)C)cc1.CNC. The van der Waals surface area contributed by atoms with Crippen LogP contribution in [0.3, 0.4) is 0 Å². The van der Waals surface area contributed by atoms with Gasteiger partial charge >= 0.3 is 0 Å². The molecule has 0 aliphatic heterocycles. The predicted molar refractivity (Wildman–Crippen MR) is 118 cm³/mol. The fraction of sp³-hybridized carbons (Fsp3) is 0.750. The highest BCUT2D eigenvalue weighted by Crippen LogP contribution is 2.41. The van der Waals surface area contributed by atoms with Crippen LogP contribution in [-0.2, 0) is 10.8 Å². The van der Waals surface area contributed by atoms with E-state index in [0.717, 1.165) is 5.92 Å². The molecule has 0 fully saturated rings. The molecule has 0 saturated carbocycles. The van der Waals surface area contributed by atoms with Crippen LogP contribution in [0.25, 0.3) is 0 Å². The van der Waals surface area contributed by atoms with Crippen LogP contribution < -0.4 is 5.32 Å². The van der Waals surface area contributed by atoms with Crippen LogP contribution in [0.15, 0.2) is 24.3 Å². The van der Waals surface area contributed by atoms with Crippen molar-refractivity contribution in [3.05, 3.63) is 35.4 Å². The van der Waals surface area contributed by atoms with E-state index in [1.54, 1.807) is 0 Å². The van der Waals surface area contributed by atoms with Crippen molar-refractivity contribution in [1.82, 2.24) is 5.32 Å². The Hall–Kier alpha value is -0.820. The standard InChI is InChI=1S/C20H34.C2H7N.C2H6/c1-15(2)14-19(6,7)16-10-12-17(13-11-16)20(8,9)18(3,4)5;1-3-2;1-2/h10-13,15H,14H2,1-9H3;3H,1-2H3;1-2H3. The summed E-state index contributed by atoms with van der Waals surface area (Å²) in [4.78, 5) is 0. The maximum atomic E-state index is 2.75. The predicted octanol–water partition coefficient (Wildman–Crippen LogP) is 7.20. The van der Waals surface area contributed by atoms with Gasteiger partial charge in [0.1, 0.15) is 0 Å². The Morgan fingerprint density at radius 1 is 0.760 bits per heavy atom. The van der Waals surface area contributed by atoms with Gasteiger partial charge in [-0.25, -0.2) is 0 Å². The molecule has 0 amide bonds. The Kier molecular flexibility index (Phi) is 11.6. The van der Waals surface area contributed by atoms with Gasteiger partial charge in [0.25, 0.3) is 0 Å². The van der Waals surface area contributed by atoms with Crippen molar-refractivity contribution < 1.29 is 0 Å². The van der Waals surface area contributed by atoms with Crippen molar-refractivity contribution in [1.29, 1.82) is 0 Å². The molecule has 1 nitrogen and oxygen atoms in total. The molecular weight excluding hydrogens is 302 g/mol. The third kappa shape index (κ3) is 8.40. The lowest BCUT2D eigenvalue weighted by atomic mass is 9.65. The van der Waals surface area contributed by atoms with E-state index < -0.39 is 0 Å². The summed E-state index contributed by atoms with van der Waals surface area (Å²) in [5.74, 6) is 0.732. The van der Waals surface area contributed by atoms with Crippen LogP contribution in [0.5, 0.6) is 0 Å². The summed E-state index contributed by atoms with van der Waals surface area (Å²) in [5.41, 5.74) is 3.61. The molecule has 0 saturated heterocycles. The Balaban J connectivity index is 0. The molecule has 0 radical (unpaired) electrons. The lowest BCUT2D eigenvalue weighted by molar-refractivity contribution is 0.225. The van der Waals surface area contributed by atoms with Crippen LogP contribution in [0.1, 0.15) is 93.7 Å². The van der Waals surface area contributed by atoms with Crippen molar-refractivity contribution in [3.8, 4) is 0 Å². The summed E-state index contributed by atoms with van der Waals surface area (Å²) in [6, 6.07) is 9.35. The van der Waals surface area contributed by atoms with Gasteiger partial charge < -0.3 is 5.32 Å². The maximum Gasteiger partial charge on any atom is -0.00551 e. The van der Waals surface area contributed by atoms with Gasteiger partial charge in [0.05, 0.1) is 0 Å². The first-order valence-corrected chi connectivity index (χ1v) is 9.99. The molecule has 0 aromatic heterocycles. The molecule has 1 rings (SSSR count). The van der Waals surface area contributed by atoms with Crippen molar-refractivity contribution in [3.63, 3.8) is 0 Å². The topological polar surface area (TPSA) is 12.0 Å². The van der Waals surface area contributed by atoms with Crippen molar-refractivity contribution in [2.24, 2.45) is 11.3 Å². The third-order valence-corrected chi connectivity index (χ3v) is 5.18. The number of rotatable bonds is 4. The normalized spacial score (nSPS) is 12.1. The molecule has 1 aromatic rings. The average molecular weight is 350 g/mol. The van der Waals surface area contributed by atoms with E-state index in [1.807, 2.05) is 27.9 Å². The van der Waals surface area contributed by atoms with E-state index in [1.165, 1.54) is 17.5 Å². The molecule has 1 heteroatoms. The second-order valence-corrected chi connectivity index (χ2v) is 9.43. The second-order valence-electron chi connectivity index (χ2n) is 9.43. The Labute approximate surface area is 160 Å². The van der Waals surface area contributed by atoms with E-state index in [-0.39, 0.29) is 16.2 Å². The second kappa shape index (κ2) is 11.0. The first-order valence-electron chi connectivity index (χ1n) is 9.99. The van der Waals surface area contributed by atoms with Gasteiger partial charge in [-0.2, -0.15) is 0 Å². The highest BCUT2D eigenvalue weighted by atomic mass is 14.7. The van der Waals surface area contributed by atoms with Crippen molar-refractivity contribution in [2.75, 3.05) is 14.1 Å². The third-order valence-electron chi connectivity index (χ3n) is 5.18. The largest absolute Gasteiger partial charge is 0.323 e. The number of nitrogens with one attached hydrogen (secondary N) is 1. The summed E-state index contributed by atoms with van der Waals surface area (Å²) in [5, 5.41) is 2.75. The van der Waals surface area contributed by atoms with Gasteiger partial charge in [0, 0.05) is 0 Å². The molecule has 1 N–H and O–H groups in total. The highest BCUT2D eigenvalue weighted by Gasteiger charge is 2.34. The van der Waals surface area contributed by atoms with E-state index in [9.17, 15) is 0 Å². The molecule has 1 aromatic carbocycles. The van der Waals surface area contributed by atoms with E-state index in [0.29, 0.717) is 0 Å². The minimum Gasteiger partial charge on any atom is -0.323 e. The summed E-state index contributed by atoms with van der Waals surface area (Å²) in [6.45, 7) is 25.0. The summed E-state index contributed by atoms with van der Waals surface area (Å²) >= 11 is 0. The smallest absolute Gasteiger partial charge is 0.00551 e. The van der Waals surface area contributed by atoms with Gasteiger partial charge in [0.15, 0.2) is 0 Å². The Bertz CT molecular complexity index is 444.